The van der Waals surface area contributed by atoms with Gasteiger partial charge in [-0.3, -0.25) is 9.69 Å². The zero-order valence-corrected chi connectivity index (χ0v) is 18.2. The fraction of sp³-hybridized carbons (Fsp3) is 0.417. The molecule has 2 aromatic carbocycles. The third-order valence-electron chi connectivity index (χ3n) is 5.37. The molecule has 2 N–H and O–H groups in total. The van der Waals surface area contributed by atoms with E-state index in [1.165, 1.54) is 12.7 Å². The average Bonchev–Trinajstić information content (AvgIpc) is 2.79. The van der Waals surface area contributed by atoms with Gasteiger partial charge in [-0.25, -0.2) is 4.79 Å². The first kappa shape index (κ1) is 22.8. The Labute approximate surface area is 183 Å². The lowest BCUT2D eigenvalue weighted by Crippen LogP contribution is -2.38. The van der Waals surface area contributed by atoms with Crippen molar-refractivity contribution >= 4 is 12.0 Å². The van der Waals surface area contributed by atoms with Gasteiger partial charge in [0.25, 0.3) is 0 Å². The molecule has 1 fully saturated rings. The van der Waals surface area contributed by atoms with Crippen molar-refractivity contribution < 1.29 is 19.1 Å². The molecule has 3 rings (SSSR count). The lowest BCUT2D eigenvalue weighted by atomic mass is 10.0. The van der Waals surface area contributed by atoms with Gasteiger partial charge in [0, 0.05) is 26.2 Å². The molecule has 7 heteroatoms. The third kappa shape index (κ3) is 7.38. The number of morpholine rings is 1. The van der Waals surface area contributed by atoms with E-state index in [1.54, 1.807) is 0 Å². The highest BCUT2D eigenvalue weighted by Gasteiger charge is 2.19. The number of hydrogen-bond acceptors (Lipinski definition) is 5. The van der Waals surface area contributed by atoms with Gasteiger partial charge >= 0.3 is 12.0 Å². The number of esters is 1. The third-order valence-corrected chi connectivity index (χ3v) is 5.37. The van der Waals surface area contributed by atoms with Crippen LogP contribution in [-0.2, 0) is 27.4 Å². The Balaban J connectivity index is 1.52. The van der Waals surface area contributed by atoms with E-state index < -0.39 is 6.04 Å². The highest BCUT2D eigenvalue weighted by Crippen LogP contribution is 2.18. The van der Waals surface area contributed by atoms with E-state index in [9.17, 15) is 9.59 Å². The normalized spacial score (nSPS) is 15.2. The number of hydrogen-bond donors (Lipinski definition) is 2. The molecule has 0 spiro atoms. The maximum atomic E-state index is 12.5. The van der Waals surface area contributed by atoms with Crippen LogP contribution in [0.4, 0.5) is 4.79 Å². The second-order valence-electron chi connectivity index (χ2n) is 7.78. The van der Waals surface area contributed by atoms with Crippen LogP contribution >= 0.6 is 0 Å². The Morgan fingerprint density at radius 1 is 1.03 bits per heavy atom. The molecule has 1 heterocycles. The van der Waals surface area contributed by atoms with Crippen LogP contribution < -0.4 is 10.6 Å². The predicted molar refractivity (Wildman–Crippen MR) is 118 cm³/mol. The quantitative estimate of drug-likeness (QED) is 0.636. The zero-order valence-electron chi connectivity index (χ0n) is 18.2. The molecule has 1 atom stereocenters. The monoisotopic (exact) mass is 425 g/mol. The minimum absolute atomic E-state index is 0.0726. The summed E-state index contributed by atoms with van der Waals surface area (Å²) in [4.78, 5) is 26.6. The van der Waals surface area contributed by atoms with Crippen molar-refractivity contribution in [3.8, 4) is 0 Å². The molecule has 7 nitrogen and oxygen atoms in total. The van der Waals surface area contributed by atoms with Crippen LogP contribution in [0.2, 0.25) is 0 Å². The smallest absolute Gasteiger partial charge is 0.315 e. The fourth-order valence-corrected chi connectivity index (χ4v) is 3.47. The molecule has 0 bridgehead atoms. The minimum atomic E-state index is -0.455. The summed E-state index contributed by atoms with van der Waals surface area (Å²) < 4.78 is 10.2. The average molecular weight is 426 g/mol. The molecule has 1 aliphatic rings. The summed E-state index contributed by atoms with van der Waals surface area (Å²) in [5, 5.41) is 5.76. The fourth-order valence-electron chi connectivity index (χ4n) is 3.47. The SMILES string of the molecule is COC(=O)C[C@@H](NC(=O)NCc1ccc(CN2CCOCC2)cc1)c1ccc(C)cc1. The van der Waals surface area contributed by atoms with Gasteiger partial charge < -0.3 is 20.1 Å². The predicted octanol–water partition coefficient (Wildman–Crippen LogP) is 2.93. The summed E-state index contributed by atoms with van der Waals surface area (Å²) in [6.07, 6.45) is 0.0726. The highest BCUT2D eigenvalue weighted by atomic mass is 16.5. The van der Waals surface area contributed by atoms with Crippen LogP contribution in [0, 0.1) is 6.92 Å². The Bertz CT molecular complexity index is 846. The lowest BCUT2D eigenvalue weighted by molar-refractivity contribution is -0.141. The van der Waals surface area contributed by atoms with Gasteiger partial charge in [-0.2, -0.15) is 0 Å². The van der Waals surface area contributed by atoms with E-state index in [0.717, 1.165) is 49.5 Å². The number of amides is 2. The molecule has 0 radical (unpaired) electrons. The molecule has 0 saturated carbocycles. The van der Waals surface area contributed by atoms with Crippen LogP contribution in [0.5, 0.6) is 0 Å². The second-order valence-corrected chi connectivity index (χ2v) is 7.78. The first-order valence-electron chi connectivity index (χ1n) is 10.6. The standard InChI is InChI=1S/C24H31N3O4/c1-18-3-9-21(10-4-18)22(15-23(28)30-2)26-24(29)25-16-19-5-7-20(8-6-19)17-27-11-13-31-14-12-27/h3-10,22H,11-17H2,1-2H3,(H2,25,26,29)/t22-/m1/s1. The molecule has 31 heavy (non-hydrogen) atoms. The number of nitrogens with one attached hydrogen (secondary N) is 2. The summed E-state index contributed by atoms with van der Waals surface area (Å²) in [6.45, 7) is 6.79. The van der Waals surface area contributed by atoms with Crippen LogP contribution in [0.3, 0.4) is 0 Å². The zero-order chi connectivity index (χ0) is 22.1. The summed E-state index contributed by atoms with van der Waals surface area (Å²) in [5.41, 5.74) is 4.23. The van der Waals surface area contributed by atoms with Gasteiger partial charge in [0.1, 0.15) is 0 Å². The first-order valence-corrected chi connectivity index (χ1v) is 10.6. The van der Waals surface area contributed by atoms with Crippen LogP contribution in [0.1, 0.15) is 34.7 Å². The topological polar surface area (TPSA) is 79.9 Å². The number of rotatable bonds is 8. The number of urea groups is 1. The van der Waals surface area contributed by atoms with E-state index in [1.807, 2.05) is 43.3 Å². The van der Waals surface area contributed by atoms with Gasteiger partial charge in [-0.05, 0) is 23.6 Å². The molecule has 2 aromatic rings. The minimum Gasteiger partial charge on any atom is -0.469 e. The van der Waals surface area contributed by atoms with Crippen molar-refractivity contribution in [3.05, 3.63) is 70.8 Å². The molecule has 0 unspecified atom stereocenters. The number of methoxy groups -OCH3 is 1. The van der Waals surface area contributed by atoms with Crippen molar-refractivity contribution in [1.29, 1.82) is 0 Å². The Kier molecular flexibility index (Phi) is 8.44. The number of aryl methyl sites for hydroxylation is 1. The van der Waals surface area contributed by atoms with Crippen LogP contribution in [0.15, 0.2) is 48.5 Å². The van der Waals surface area contributed by atoms with Crippen molar-refractivity contribution in [2.45, 2.75) is 32.5 Å². The molecule has 166 valence electrons. The van der Waals surface area contributed by atoms with Crippen molar-refractivity contribution in [2.24, 2.45) is 0 Å². The summed E-state index contributed by atoms with van der Waals surface area (Å²) in [7, 11) is 1.34. The molecule has 1 saturated heterocycles. The number of ether oxygens (including phenoxy) is 2. The highest BCUT2D eigenvalue weighted by molar-refractivity contribution is 5.76. The van der Waals surface area contributed by atoms with E-state index in [2.05, 4.69) is 27.7 Å². The molecular formula is C24H31N3O4. The molecular weight excluding hydrogens is 394 g/mol. The van der Waals surface area contributed by atoms with E-state index in [4.69, 9.17) is 9.47 Å². The van der Waals surface area contributed by atoms with Crippen molar-refractivity contribution in [1.82, 2.24) is 15.5 Å². The molecule has 0 aromatic heterocycles. The number of carbonyl (C=O) groups is 2. The largest absolute Gasteiger partial charge is 0.469 e. The van der Waals surface area contributed by atoms with Gasteiger partial charge in [0.15, 0.2) is 0 Å². The second kappa shape index (κ2) is 11.5. The Morgan fingerprint density at radius 3 is 2.32 bits per heavy atom. The van der Waals surface area contributed by atoms with Gasteiger partial charge in [-0.15, -0.1) is 0 Å². The summed E-state index contributed by atoms with van der Waals surface area (Å²) in [5.74, 6) is -0.373. The maximum absolute atomic E-state index is 12.5. The van der Waals surface area contributed by atoms with Crippen molar-refractivity contribution in [3.63, 3.8) is 0 Å². The number of nitrogens with zero attached hydrogens (tertiary/aromatic N) is 1. The first-order chi connectivity index (χ1) is 15.0. The van der Waals surface area contributed by atoms with Crippen molar-refractivity contribution in [2.75, 3.05) is 33.4 Å². The van der Waals surface area contributed by atoms with Crippen LogP contribution in [-0.4, -0.2) is 50.3 Å². The Morgan fingerprint density at radius 2 is 1.68 bits per heavy atom. The van der Waals surface area contributed by atoms with Crippen LogP contribution in [0.25, 0.3) is 0 Å². The number of benzene rings is 2. The number of carbonyl (C=O) groups excluding carboxylic acids is 2. The van der Waals surface area contributed by atoms with E-state index in [-0.39, 0.29) is 18.4 Å². The summed E-state index contributed by atoms with van der Waals surface area (Å²) in [6, 6.07) is 15.2. The molecule has 0 aliphatic carbocycles. The lowest BCUT2D eigenvalue weighted by Gasteiger charge is -2.26. The molecule has 1 aliphatic heterocycles. The summed E-state index contributed by atoms with van der Waals surface area (Å²) >= 11 is 0. The van der Waals surface area contributed by atoms with Gasteiger partial charge in [0.05, 0.1) is 32.8 Å². The maximum Gasteiger partial charge on any atom is 0.315 e. The molecule has 2 amide bonds. The van der Waals surface area contributed by atoms with E-state index >= 15 is 0 Å². The van der Waals surface area contributed by atoms with Gasteiger partial charge in [0.2, 0.25) is 0 Å². The Hall–Kier alpha value is -2.90. The van der Waals surface area contributed by atoms with Gasteiger partial charge in [-0.1, -0.05) is 54.1 Å². The van der Waals surface area contributed by atoms with E-state index in [0.29, 0.717) is 6.54 Å².